The third-order valence-electron chi connectivity index (χ3n) is 0.168. The van der Waals surface area contributed by atoms with Gasteiger partial charge in [0.25, 0.3) is 0 Å². The Bertz CT molecular complexity index is 17.1. The van der Waals surface area contributed by atoms with Crippen LogP contribution in [0, 0.1) is 0 Å². The summed E-state index contributed by atoms with van der Waals surface area (Å²) in [6.45, 7) is 0. The number of hydrogen-bond acceptors (Lipinski definition) is 2. The number of halogens is 1. The Morgan fingerprint density at radius 1 is 1.80 bits per heavy atom. The van der Waals surface area contributed by atoms with Crippen LogP contribution in [-0.4, -0.2) is 16.2 Å². The molecule has 0 radical (unpaired) electrons. The molecule has 0 aromatic carbocycles. The summed E-state index contributed by atoms with van der Waals surface area (Å²) in [6, 6.07) is 0. The van der Waals surface area contributed by atoms with E-state index in [9.17, 15) is 0 Å². The molecule has 0 aliphatic heterocycles. The van der Waals surface area contributed by atoms with Gasteiger partial charge in [-0.3, -0.25) is 0 Å². The van der Waals surface area contributed by atoms with Gasteiger partial charge in [0.2, 0.25) is 0 Å². The van der Waals surface area contributed by atoms with E-state index in [2.05, 4.69) is 0 Å². The van der Waals surface area contributed by atoms with Gasteiger partial charge in [0.1, 0.15) is 0 Å². The lowest BCUT2D eigenvalue weighted by atomic mass is 11.0. The molecule has 0 rings (SSSR count). The molecule has 1 N–H and O–H groups in total. The zero-order valence-corrected chi connectivity index (χ0v) is 4.22. The highest BCUT2D eigenvalue weighted by Gasteiger charge is 1.72. The average molecular weight is 113 g/mol. The fourth-order valence-electron chi connectivity index (χ4n) is 0.0345. The van der Waals surface area contributed by atoms with Crippen LogP contribution < -0.4 is 0 Å². The summed E-state index contributed by atoms with van der Waals surface area (Å²) >= 11 is 5.89. The van der Waals surface area contributed by atoms with Crippen molar-refractivity contribution in [3.63, 3.8) is 0 Å². The van der Waals surface area contributed by atoms with Crippen molar-refractivity contribution >= 4 is 23.6 Å². The lowest BCUT2D eigenvalue weighted by molar-refractivity contribution is 0.665. The first-order chi connectivity index (χ1) is 2.41. The molecule has 0 saturated heterocycles. The van der Waals surface area contributed by atoms with Crippen molar-refractivity contribution in [2.75, 3.05) is 11.6 Å². The molecule has 3 heteroatoms. The average Bonchev–Trinajstić information content (AvgIpc) is 1.41. The first kappa shape index (κ1) is 5.60. The van der Waals surface area contributed by atoms with E-state index in [-0.39, 0.29) is 0 Å². The summed E-state index contributed by atoms with van der Waals surface area (Å²) in [5.74, 6) is 1.16. The first-order valence-corrected chi connectivity index (χ1v) is 2.72. The highest BCUT2D eigenvalue weighted by molar-refractivity contribution is 7.93. The van der Waals surface area contributed by atoms with E-state index >= 15 is 0 Å². The molecule has 0 aromatic heterocycles. The molecule has 5 heavy (non-hydrogen) atoms. The molecule has 0 amide bonds. The molecule has 0 heterocycles. The van der Waals surface area contributed by atoms with Gasteiger partial charge in [-0.2, -0.15) is 0 Å². The van der Waals surface area contributed by atoms with Crippen LogP contribution >= 0.6 is 23.6 Å². The minimum atomic E-state index is 0.529. The van der Waals surface area contributed by atoms with Crippen LogP contribution in [0.3, 0.4) is 0 Å². The maximum absolute atomic E-state index is 7.90. The zero-order chi connectivity index (χ0) is 4.12. The van der Waals surface area contributed by atoms with Crippen molar-refractivity contribution in [3.05, 3.63) is 0 Å². The third-order valence-corrected chi connectivity index (χ3v) is 0.968. The fraction of sp³-hybridized carbons (Fsp3) is 1.00. The lowest BCUT2D eigenvalue weighted by Crippen LogP contribution is -1.72. The SMILES string of the molecule is OSCCCl. The lowest BCUT2D eigenvalue weighted by Gasteiger charge is -1.76. The van der Waals surface area contributed by atoms with E-state index in [1.165, 1.54) is 0 Å². The van der Waals surface area contributed by atoms with Gasteiger partial charge < -0.3 is 4.55 Å². The maximum atomic E-state index is 7.90. The van der Waals surface area contributed by atoms with Crippen LogP contribution in [0.4, 0.5) is 0 Å². The Morgan fingerprint density at radius 3 is 2.40 bits per heavy atom. The highest BCUT2D eigenvalue weighted by atomic mass is 35.5. The molecule has 0 atom stereocenters. The molecule has 0 fully saturated rings. The first-order valence-electron chi connectivity index (χ1n) is 1.24. The predicted molar refractivity (Wildman–Crippen MR) is 25.8 cm³/mol. The van der Waals surface area contributed by atoms with Crippen LogP contribution in [0.25, 0.3) is 0 Å². The Balaban J connectivity index is 2.19. The van der Waals surface area contributed by atoms with Crippen LogP contribution in [-0.2, 0) is 0 Å². The molecule has 0 saturated carbocycles. The molecule has 0 bridgehead atoms. The van der Waals surface area contributed by atoms with Crippen LogP contribution in [0.1, 0.15) is 0 Å². The zero-order valence-electron chi connectivity index (χ0n) is 2.65. The van der Waals surface area contributed by atoms with Gasteiger partial charge in [-0.05, 0) is 12.0 Å². The summed E-state index contributed by atoms with van der Waals surface area (Å²) < 4.78 is 7.90. The number of rotatable bonds is 2. The van der Waals surface area contributed by atoms with Gasteiger partial charge in [0.15, 0.2) is 0 Å². The molecule has 32 valence electrons. The second-order valence-electron chi connectivity index (χ2n) is 0.522. The van der Waals surface area contributed by atoms with Crippen molar-refractivity contribution in [1.82, 2.24) is 0 Å². The minimum absolute atomic E-state index is 0.529. The van der Waals surface area contributed by atoms with Crippen molar-refractivity contribution in [2.45, 2.75) is 0 Å². The Hall–Kier alpha value is 0.600. The molecule has 0 spiro atoms. The van der Waals surface area contributed by atoms with Crippen molar-refractivity contribution < 1.29 is 4.55 Å². The van der Waals surface area contributed by atoms with Crippen LogP contribution in [0.2, 0.25) is 0 Å². The highest BCUT2D eigenvalue weighted by Crippen LogP contribution is 1.89. The summed E-state index contributed by atoms with van der Waals surface area (Å²) in [6.07, 6.45) is 0. The molecular weight excluding hydrogens is 108 g/mol. The molecule has 1 nitrogen and oxygen atoms in total. The Labute approximate surface area is 40.5 Å². The monoisotopic (exact) mass is 112 g/mol. The Morgan fingerprint density at radius 2 is 2.40 bits per heavy atom. The van der Waals surface area contributed by atoms with Gasteiger partial charge in [-0.1, -0.05) is 0 Å². The van der Waals surface area contributed by atoms with E-state index < -0.39 is 0 Å². The van der Waals surface area contributed by atoms with E-state index in [0.29, 0.717) is 11.6 Å². The molecule has 0 aliphatic carbocycles. The molecule has 0 aromatic rings. The summed E-state index contributed by atoms with van der Waals surface area (Å²) in [5.41, 5.74) is 0. The van der Waals surface area contributed by atoms with E-state index in [0.717, 1.165) is 12.0 Å². The summed E-state index contributed by atoms with van der Waals surface area (Å²) in [7, 11) is 0. The van der Waals surface area contributed by atoms with E-state index in [4.69, 9.17) is 16.2 Å². The van der Waals surface area contributed by atoms with Gasteiger partial charge in [0.05, 0.1) is 0 Å². The summed E-state index contributed by atoms with van der Waals surface area (Å²) in [5, 5.41) is 0. The molecule has 0 aliphatic rings. The van der Waals surface area contributed by atoms with Gasteiger partial charge in [0, 0.05) is 11.6 Å². The normalized spacial score (nSPS) is 8.40. The van der Waals surface area contributed by atoms with Crippen molar-refractivity contribution in [2.24, 2.45) is 0 Å². The van der Waals surface area contributed by atoms with Crippen molar-refractivity contribution in [3.8, 4) is 0 Å². The van der Waals surface area contributed by atoms with Crippen LogP contribution in [0.15, 0.2) is 0 Å². The maximum Gasteiger partial charge on any atom is 0.0336 e. The van der Waals surface area contributed by atoms with Gasteiger partial charge in [-0.15, -0.1) is 11.6 Å². The predicted octanol–water partition coefficient (Wildman–Crippen LogP) is 1.43. The van der Waals surface area contributed by atoms with Gasteiger partial charge in [-0.25, -0.2) is 0 Å². The van der Waals surface area contributed by atoms with E-state index in [1.54, 1.807) is 0 Å². The second kappa shape index (κ2) is 4.60. The summed E-state index contributed by atoms with van der Waals surface area (Å²) in [4.78, 5) is 0. The number of alkyl halides is 1. The standard InChI is InChI=1S/C2H5ClOS/c3-1-2-5-4/h4H,1-2H2. The van der Waals surface area contributed by atoms with Gasteiger partial charge >= 0.3 is 0 Å². The van der Waals surface area contributed by atoms with Crippen LogP contribution in [0.5, 0.6) is 0 Å². The smallest absolute Gasteiger partial charge is 0.0336 e. The number of hydrogen-bond donors (Lipinski definition) is 1. The molecular formula is C2H5ClOS. The van der Waals surface area contributed by atoms with Crippen molar-refractivity contribution in [1.29, 1.82) is 0 Å². The molecule has 0 unspecified atom stereocenters. The second-order valence-corrected chi connectivity index (χ2v) is 1.57. The third kappa shape index (κ3) is 4.60. The topological polar surface area (TPSA) is 20.2 Å². The van der Waals surface area contributed by atoms with E-state index in [1.807, 2.05) is 0 Å². The Kier molecular flexibility index (Phi) is 5.15. The minimum Gasteiger partial charge on any atom is -0.330 e. The largest absolute Gasteiger partial charge is 0.330 e. The quantitative estimate of drug-likeness (QED) is 0.431. The fourth-order valence-corrected chi connectivity index (χ4v) is 0.311.